The molecule has 0 amide bonds. The highest BCUT2D eigenvalue weighted by Crippen LogP contribution is 2.43. The third-order valence-electron chi connectivity index (χ3n) is 4.26. The average molecular weight is 278 g/mol. The Kier molecular flexibility index (Phi) is 4.43. The number of hydrogen-bond donors (Lipinski definition) is 1. The van der Waals surface area contributed by atoms with Crippen molar-refractivity contribution < 1.29 is 9.47 Å². The lowest BCUT2D eigenvalue weighted by Crippen LogP contribution is -2.39. The normalized spacial score (nSPS) is 17.6. The van der Waals surface area contributed by atoms with Crippen LogP contribution in [0.2, 0.25) is 0 Å². The van der Waals surface area contributed by atoms with Gasteiger partial charge in [0, 0.05) is 31.3 Å². The van der Waals surface area contributed by atoms with Gasteiger partial charge in [0.15, 0.2) is 0 Å². The Labute approximate surface area is 121 Å². The summed E-state index contributed by atoms with van der Waals surface area (Å²) in [5.74, 6) is 1.71. The molecule has 2 rings (SSSR count). The third-order valence-corrected chi connectivity index (χ3v) is 4.26. The highest BCUT2D eigenvalue weighted by atomic mass is 16.5. The first-order chi connectivity index (χ1) is 9.51. The average Bonchev–Trinajstić information content (AvgIpc) is 2.46. The van der Waals surface area contributed by atoms with Crippen molar-refractivity contribution in [1.29, 1.82) is 0 Å². The number of hydrogen-bond acceptors (Lipinski definition) is 4. The molecule has 0 spiro atoms. The lowest BCUT2D eigenvalue weighted by molar-refractivity contribution is 0.287. The summed E-state index contributed by atoms with van der Waals surface area (Å²) in [5.41, 5.74) is 8.45. The number of benzene rings is 1. The monoisotopic (exact) mass is 278 g/mol. The Bertz CT molecular complexity index is 466. The van der Waals surface area contributed by atoms with E-state index < -0.39 is 0 Å². The van der Waals surface area contributed by atoms with Crippen molar-refractivity contribution in [2.24, 2.45) is 5.73 Å². The van der Waals surface area contributed by atoms with Crippen LogP contribution in [-0.4, -0.2) is 28.3 Å². The molecule has 1 fully saturated rings. The molecule has 2 N–H and O–H groups in total. The van der Waals surface area contributed by atoms with Gasteiger partial charge in [-0.3, -0.25) is 0 Å². The van der Waals surface area contributed by atoms with E-state index in [1.807, 2.05) is 25.1 Å². The summed E-state index contributed by atoms with van der Waals surface area (Å²) in [5, 5.41) is 0. The molecular formula is C16H26N2O2. The van der Waals surface area contributed by atoms with Crippen LogP contribution in [-0.2, 0) is 5.54 Å². The van der Waals surface area contributed by atoms with Gasteiger partial charge in [-0.15, -0.1) is 0 Å². The van der Waals surface area contributed by atoms with E-state index in [4.69, 9.17) is 15.2 Å². The molecule has 0 unspecified atom stereocenters. The van der Waals surface area contributed by atoms with Crippen LogP contribution in [0, 0.1) is 0 Å². The van der Waals surface area contributed by atoms with Gasteiger partial charge >= 0.3 is 0 Å². The van der Waals surface area contributed by atoms with E-state index in [0.29, 0.717) is 0 Å². The van der Waals surface area contributed by atoms with Crippen LogP contribution in [0.25, 0.3) is 0 Å². The summed E-state index contributed by atoms with van der Waals surface area (Å²) in [6.07, 6.45) is 5.64. The molecule has 1 aromatic carbocycles. The molecule has 0 heterocycles. The van der Waals surface area contributed by atoms with Gasteiger partial charge in [0.1, 0.15) is 11.5 Å². The van der Waals surface area contributed by atoms with Gasteiger partial charge in [0.2, 0.25) is 0 Å². The maximum absolute atomic E-state index is 6.66. The summed E-state index contributed by atoms with van der Waals surface area (Å²) in [6, 6.07) is 4.08. The first kappa shape index (κ1) is 15.0. The van der Waals surface area contributed by atoms with Crippen LogP contribution in [0.4, 0.5) is 5.69 Å². The van der Waals surface area contributed by atoms with Gasteiger partial charge in [0.25, 0.3) is 0 Å². The number of methoxy groups -OCH3 is 2. The molecule has 0 saturated heterocycles. The van der Waals surface area contributed by atoms with Gasteiger partial charge in [-0.1, -0.05) is 19.3 Å². The molecule has 1 aromatic rings. The van der Waals surface area contributed by atoms with E-state index in [9.17, 15) is 0 Å². The highest BCUT2D eigenvalue weighted by molar-refractivity contribution is 5.64. The predicted octanol–water partition coefficient (Wildman–Crippen LogP) is 2.89. The van der Waals surface area contributed by atoms with Crippen molar-refractivity contribution in [2.45, 2.75) is 37.6 Å². The fraction of sp³-hybridized carbons (Fsp3) is 0.625. The van der Waals surface area contributed by atoms with Gasteiger partial charge in [-0.25, -0.2) is 0 Å². The summed E-state index contributed by atoms with van der Waals surface area (Å²) in [4.78, 5) is 2.02. The zero-order valence-corrected chi connectivity index (χ0v) is 13.0. The second-order valence-electron chi connectivity index (χ2n) is 5.84. The van der Waals surface area contributed by atoms with Gasteiger partial charge in [-0.2, -0.15) is 0 Å². The standard InChI is InChI=1S/C16H26N2O2/c1-18(2)13-11-14(19-3)12(10-15(13)20-4)16(17)8-6-5-7-9-16/h10-11H,5-9,17H2,1-4H3. The fourth-order valence-electron chi connectivity index (χ4n) is 3.07. The van der Waals surface area contributed by atoms with Gasteiger partial charge in [0.05, 0.1) is 19.9 Å². The number of ether oxygens (including phenoxy) is 2. The minimum absolute atomic E-state index is 0.290. The quantitative estimate of drug-likeness (QED) is 0.920. The lowest BCUT2D eigenvalue weighted by atomic mass is 9.77. The molecule has 4 nitrogen and oxygen atoms in total. The molecule has 1 aliphatic rings. The van der Waals surface area contributed by atoms with Gasteiger partial charge in [-0.05, 0) is 18.9 Å². The number of nitrogens with two attached hydrogens (primary N) is 1. The minimum Gasteiger partial charge on any atom is -0.496 e. The van der Waals surface area contributed by atoms with E-state index in [2.05, 4.69) is 6.07 Å². The summed E-state index contributed by atoms with van der Waals surface area (Å²) >= 11 is 0. The maximum atomic E-state index is 6.66. The third kappa shape index (κ3) is 2.70. The lowest BCUT2D eigenvalue weighted by Gasteiger charge is -2.35. The highest BCUT2D eigenvalue weighted by Gasteiger charge is 2.33. The summed E-state index contributed by atoms with van der Waals surface area (Å²) in [7, 11) is 7.39. The number of rotatable bonds is 4. The molecule has 1 aliphatic carbocycles. The molecule has 0 atom stereocenters. The van der Waals surface area contributed by atoms with Crippen molar-refractivity contribution in [1.82, 2.24) is 0 Å². The molecule has 20 heavy (non-hydrogen) atoms. The van der Waals surface area contributed by atoms with Crippen molar-refractivity contribution in [2.75, 3.05) is 33.2 Å². The fourth-order valence-corrected chi connectivity index (χ4v) is 3.07. The Balaban J connectivity index is 2.51. The number of anilines is 1. The first-order valence-electron chi connectivity index (χ1n) is 7.24. The molecule has 4 heteroatoms. The Morgan fingerprint density at radius 3 is 2.10 bits per heavy atom. The second-order valence-corrected chi connectivity index (χ2v) is 5.84. The van der Waals surface area contributed by atoms with Crippen LogP contribution < -0.4 is 20.1 Å². The Morgan fingerprint density at radius 2 is 1.60 bits per heavy atom. The topological polar surface area (TPSA) is 47.7 Å². The maximum Gasteiger partial charge on any atom is 0.142 e. The smallest absolute Gasteiger partial charge is 0.142 e. The van der Waals surface area contributed by atoms with Crippen molar-refractivity contribution in [3.63, 3.8) is 0 Å². The SMILES string of the molecule is COc1cc(C2(N)CCCCC2)c(OC)cc1N(C)C. The van der Waals surface area contributed by atoms with Crippen molar-refractivity contribution >= 4 is 5.69 Å². The van der Waals surface area contributed by atoms with Crippen LogP contribution in [0.15, 0.2) is 12.1 Å². The number of nitrogens with zero attached hydrogens (tertiary/aromatic N) is 1. The van der Waals surface area contributed by atoms with E-state index in [1.165, 1.54) is 19.3 Å². The molecule has 0 bridgehead atoms. The zero-order chi connectivity index (χ0) is 14.8. The molecular weight excluding hydrogens is 252 g/mol. The second kappa shape index (κ2) is 5.92. The molecule has 0 aliphatic heterocycles. The molecule has 0 radical (unpaired) electrons. The van der Waals surface area contributed by atoms with Crippen LogP contribution in [0.5, 0.6) is 11.5 Å². The van der Waals surface area contributed by atoms with E-state index in [-0.39, 0.29) is 5.54 Å². The minimum atomic E-state index is -0.290. The van der Waals surface area contributed by atoms with E-state index in [1.54, 1.807) is 14.2 Å². The first-order valence-corrected chi connectivity index (χ1v) is 7.24. The zero-order valence-electron chi connectivity index (χ0n) is 13.0. The molecule has 1 saturated carbocycles. The van der Waals surface area contributed by atoms with E-state index >= 15 is 0 Å². The van der Waals surface area contributed by atoms with Crippen LogP contribution >= 0.6 is 0 Å². The van der Waals surface area contributed by atoms with Crippen molar-refractivity contribution in [3.8, 4) is 11.5 Å². The Morgan fingerprint density at radius 1 is 1.00 bits per heavy atom. The Hall–Kier alpha value is -1.42. The van der Waals surface area contributed by atoms with Crippen LogP contribution in [0.3, 0.4) is 0 Å². The molecule has 112 valence electrons. The van der Waals surface area contributed by atoms with Crippen molar-refractivity contribution in [3.05, 3.63) is 17.7 Å². The largest absolute Gasteiger partial charge is 0.496 e. The molecule has 0 aromatic heterocycles. The summed E-state index contributed by atoms with van der Waals surface area (Å²) in [6.45, 7) is 0. The van der Waals surface area contributed by atoms with E-state index in [0.717, 1.165) is 35.6 Å². The van der Waals surface area contributed by atoms with Crippen LogP contribution in [0.1, 0.15) is 37.7 Å². The van der Waals surface area contributed by atoms with Gasteiger partial charge < -0.3 is 20.1 Å². The summed E-state index contributed by atoms with van der Waals surface area (Å²) < 4.78 is 11.1. The predicted molar refractivity (Wildman–Crippen MR) is 82.8 cm³/mol.